The van der Waals surface area contributed by atoms with E-state index in [-0.39, 0.29) is 17.4 Å². The van der Waals surface area contributed by atoms with Gasteiger partial charge >= 0.3 is 0 Å². The highest BCUT2D eigenvalue weighted by Crippen LogP contribution is 2.35. The molecule has 2 aromatic rings. The molecule has 2 rings (SSSR count). The number of carbonyl (C=O) groups is 1. The molecule has 2 aromatic carbocycles. The molecule has 0 bridgehead atoms. The summed E-state index contributed by atoms with van der Waals surface area (Å²) in [6.45, 7) is 1.43. The molecule has 0 unspecified atom stereocenters. The molecule has 0 saturated carbocycles. The first-order valence-electron chi connectivity index (χ1n) is 5.63. The van der Waals surface area contributed by atoms with Crippen LogP contribution in [-0.2, 0) is 4.79 Å². The van der Waals surface area contributed by atoms with Gasteiger partial charge in [0.1, 0.15) is 11.5 Å². The summed E-state index contributed by atoms with van der Waals surface area (Å²) in [7, 11) is 0. The summed E-state index contributed by atoms with van der Waals surface area (Å²) in [5, 5.41) is 19.0. The molecule has 0 aliphatic carbocycles. The van der Waals surface area contributed by atoms with Crippen molar-refractivity contribution in [2.24, 2.45) is 0 Å². The Balaban J connectivity index is 2.29. The molecule has 0 atom stereocenters. The zero-order valence-corrected chi connectivity index (χ0v) is 11.1. The van der Waals surface area contributed by atoms with Crippen molar-refractivity contribution in [1.82, 2.24) is 0 Å². The van der Waals surface area contributed by atoms with Crippen LogP contribution in [0, 0.1) is 0 Å². The van der Waals surface area contributed by atoms with Gasteiger partial charge in [-0.1, -0.05) is 12.1 Å². The van der Waals surface area contributed by atoms with E-state index < -0.39 is 0 Å². The van der Waals surface area contributed by atoms with Gasteiger partial charge in [-0.25, -0.2) is 4.31 Å². The molecule has 0 aliphatic heterocycles. The standard InChI is InChI=1S/C14H13NO3S/c1-10(16)15(13-4-2-3-5-14(13)18)19-12-8-6-11(17)7-9-12/h2-9,17-18H,1H3. The Morgan fingerprint density at radius 3 is 2.26 bits per heavy atom. The van der Waals surface area contributed by atoms with Crippen LogP contribution in [0.1, 0.15) is 6.92 Å². The van der Waals surface area contributed by atoms with Gasteiger partial charge in [0.25, 0.3) is 0 Å². The van der Waals surface area contributed by atoms with Gasteiger partial charge in [-0.05, 0) is 48.3 Å². The highest BCUT2D eigenvalue weighted by molar-refractivity contribution is 8.01. The third-order valence-corrected chi connectivity index (χ3v) is 3.54. The fourth-order valence-corrected chi connectivity index (χ4v) is 2.38. The third kappa shape index (κ3) is 3.20. The number of anilines is 1. The van der Waals surface area contributed by atoms with E-state index in [1.165, 1.54) is 29.2 Å². The summed E-state index contributed by atoms with van der Waals surface area (Å²) < 4.78 is 1.40. The van der Waals surface area contributed by atoms with E-state index in [0.717, 1.165) is 4.90 Å². The van der Waals surface area contributed by atoms with Crippen molar-refractivity contribution in [1.29, 1.82) is 0 Å². The van der Waals surface area contributed by atoms with E-state index in [4.69, 9.17) is 0 Å². The molecule has 2 N–H and O–H groups in total. The summed E-state index contributed by atoms with van der Waals surface area (Å²) in [5.74, 6) is 0.0184. The highest BCUT2D eigenvalue weighted by Gasteiger charge is 2.16. The minimum atomic E-state index is -0.195. The molecule has 0 heterocycles. The summed E-state index contributed by atoms with van der Waals surface area (Å²) in [5.41, 5.74) is 0.438. The lowest BCUT2D eigenvalue weighted by atomic mass is 10.3. The lowest BCUT2D eigenvalue weighted by molar-refractivity contribution is -0.115. The fourth-order valence-electron chi connectivity index (χ4n) is 1.53. The maximum atomic E-state index is 11.7. The maximum absolute atomic E-state index is 11.7. The Hall–Kier alpha value is -2.14. The van der Waals surface area contributed by atoms with Crippen molar-refractivity contribution >= 4 is 23.5 Å². The molecular weight excluding hydrogens is 262 g/mol. The zero-order valence-electron chi connectivity index (χ0n) is 10.3. The van der Waals surface area contributed by atoms with Gasteiger partial charge in [0.15, 0.2) is 0 Å². The Labute approximate surface area is 115 Å². The van der Waals surface area contributed by atoms with E-state index >= 15 is 0 Å². The molecule has 4 nitrogen and oxygen atoms in total. The monoisotopic (exact) mass is 275 g/mol. The number of benzene rings is 2. The van der Waals surface area contributed by atoms with Crippen LogP contribution in [0.15, 0.2) is 53.4 Å². The topological polar surface area (TPSA) is 60.8 Å². The highest BCUT2D eigenvalue weighted by atomic mass is 32.2. The van der Waals surface area contributed by atoms with Crippen LogP contribution in [0.2, 0.25) is 0 Å². The minimum Gasteiger partial charge on any atom is -0.508 e. The first-order valence-corrected chi connectivity index (χ1v) is 6.41. The molecule has 0 aliphatic rings. The molecule has 0 saturated heterocycles. The number of rotatable bonds is 3. The van der Waals surface area contributed by atoms with Crippen molar-refractivity contribution < 1.29 is 15.0 Å². The van der Waals surface area contributed by atoms with E-state index in [9.17, 15) is 15.0 Å². The molecule has 5 heteroatoms. The minimum absolute atomic E-state index is 0.0454. The van der Waals surface area contributed by atoms with E-state index in [1.807, 2.05) is 0 Å². The van der Waals surface area contributed by atoms with Gasteiger partial charge in [0.2, 0.25) is 5.91 Å². The van der Waals surface area contributed by atoms with Crippen molar-refractivity contribution in [3.05, 3.63) is 48.5 Å². The molecule has 0 aromatic heterocycles. The number of para-hydroxylation sites is 2. The molecule has 0 fully saturated rings. The molecule has 1 amide bonds. The molecule has 0 spiro atoms. The quantitative estimate of drug-likeness (QED) is 0.845. The second kappa shape index (κ2) is 5.67. The number of phenols is 2. The SMILES string of the molecule is CC(=O)N(Sc1ccc(O)cc1)c1ccccc1O. The summed E-state index contributed by atoms with van der Waals surface area (Å²) in [6, 6.07) is 13.2. The predicted octanol–water partition coefficient (Wildman–Crippen LogP) is 3.16. The van der Waals surface area contributed by atoms with Crippen LogP contribution in [0.5, 0.6) is 11.5 Å². The van der Waals surface area contributed by atoms with Crippen LogP contribution in [0.25, 0.3) is 0 Å². The number of hydrogen-bond donors (Lipinski definition) is 2. The van der Waals surface area contributed by atoms with E-state index in [0.29, 0.717) is 5.69 Å². The Bertz CT molecular complexity index is 583. The van der Waals surface area contributed by atoms with Crippen LogP contribution in [-0.4, -0.2) is 16.1 Å². The van der Waals surface area contributed by atoms with Gasteiger partial charge < -0.3 is 10.2 Å². The smallest absolute Gasteiger partial charge is 0.234 e. The van der Waals surface area contributed by atoms with E-state index in [2.05, 4.69) is 0 Å². The normalized spacial score (nSPS) is 10.2. The average molecular weight is 275 g/mol. The van der Waals surface area contributed by atoms with Crippen LogP contribution < -0.4 is 4.31 Å². The first-order chi connectivity index (χ1) is 9.08. The lowest BCUT2D eigenvalue weighted by Gasteiger charge is -2.20. The number of amides is 1. The number of aromatic hydroxyl groups is 2. The van der Waals surface area contributed by atoms with Gasteiger partial charge in [-0.3, -0.25) is 4.79 Å². The largest absolute Gasteiger partial charge is 0.508 e. The second-order valence-corrected chi connectivity index (χ2v) is 4.91. The summed E-state index contributed by atoms with van der Waals surface area (Å²) >= 11 is 1.19. The number of hydrogen-bond acceptors (Lipinski definition) is 4. The average Bonchev–Trinajstić information content (AvgIpc) is 2.39. The van der Waals surface area contributed by atoms with Crippen LogP contribution >= 0.6 is 11.9 Å². The van der Waals surface area contributed by atoms with E-state index in [1.54, 1.807) is 42.5 Å². The molecular formula is C14H13NO3S. The van der Waals surface area contributed by atoms with Gasteiger partial charge in [-0.15, -0.1) is 0 Å². The Kier molecular flexibility index (Phi) is 3.97. The summed E-state index contributed by atoms with van der Waals surface area (Å²) in [6.07, 6.45) is 0. The van der Waals surface area contributed by atoms with Gasteiger partial charge in [0, 0.05) is 11.8 Å². The van der Waals surface area contributed by atoms with Crippen molar-refractivity contribution in [3.63, 3.8) is 0 Å². The zero-order chi connectivity index (χ0) is 13.8. The Morgan fingerprint density at radius 2 is 1.68 bits per heavy atom. The Morgan fingerprint density at radius 1 is 1.05 bits per heavy atom. The third-order valence-electron chi connectivity index (χ3n) is 2.42. The summed E-state index contributed by atoms with van der Waals surface area (Å²) in [4.78, 5) is 12.5. The second-order valence-electron chi connectivity index (χ2n) is 3.89. The van der Waals surface area contributed by atoms with Crippen LogP contribution in [0.4, 0.5) is 5.69 Å². The van der Waals surface area contributed by atoms with Gasteiger partial charge in [0.05, 0.1) is 5.69 Å². The molecule has 19 heavy (non-hydrogen) atoms. The molecule has 0 radical (unpaired) electrons. The van der Waals surface area contributed by atoms with Crippen molar-refractivity contribution in [2.45, 2.75) is 11.8 Å². The maximum Gasteiger partial charge on any atom is 0.234 e. The fraction of sp³-hybridized carbons (Fsp3) is 0.0714. The first kappa shape index (κ1) is 13.3. The number of carbonyl (C=O) groups excluding carboxylic acids is 1. The van der Waals surface area contributed by atoms with Crippen LogP contribution in [0.3, 0.4) is 0 Å². The van der Waals surface area contributed by atoms with Crippen molar-refractivity contribution in [2.75, 3.05) is 4.31 Å². The number of nitrogens with zero attached hydrogens (tertiary/aromatic N) is 1. The number of phenolic OH excluding ortho intramolecular Hbond substituents is 2. The van der Waals surface area contributed by atoms with Crippen molar-refractivity contribution in [3.8, 4) is 11.5 Å². The van der Waals surface area contributed by atoms with Gasteiger partial charge in [-0.2, -0.15) is 0 Å². The lowest BCUT2D eigenvalue weighted by Crippen LogP contribution is -2.20. The molecule has 98 valence electrons. The predicted molar refractivity (Wildman–Crippen MR) is 75.2 cm³/mol.